The average Bonchev–Trinajstić information content (AvgIpc) is 3.04. The van der Waals surface area contributed by atoms with Gasteiger partial charge < -0.3 is 16.0 Å². The average molecular weight is 289 g/mol. The summed E-state index contributed by atoms with van der Waals surface area (Å²) in [5, 5.41) is 4.00. The van der Waals surface area contributed by atoms with E-state index in [1.165, 1.54) is 12.2 Å². The Morgan fingerprint density at radius 2 is 2.40 bits per heavy atom. The third kappa shape index (κ3) is 2.50. The third-order valence-electron chi connectivity index (χ3n) is 3.86. The lowest BCUT2D eigenvalue weighted by atomic mass is 10.1. The number of amides is 1. The maximum absolute atomic E-state index is 12.2. The van der Waals surface area contributed by atoms with E-state index in [1.807, 2.05) is 36.0 Å². The molecular weight excluding hydrogens is 270 g/mol. The molecule has 1 saturated heterocycles. The molecule has 1 atom stereocenters. The van der Waals surface area contributed by atoms with Gasteiger partial charge in [-0.3, -0.25) is 4.79 Å². The van der Waals surface area contributed by atoms with Gasteiger partial charge in [0, 0.05) is 16.7 Å². The molecule has 0 aliphatic carbocycles. The fraction of sp³-hybridized carbons (Fsp3) is 0.400. The minimum Gasteiger partial charge on any atom is -0.397 e. The molecule has 0 saturated carbocycles. The van der Waals surface area contributed by atoms with Gasteiger partial charge in [-0.25, -0.2) is 0 Å². The van der Waals surface area contributed by atoms with E-state index in [1.54, 1.807) is 0 Å². The van der Waals surface area contributed by atoms with E-state index >= 15 is 0 Å². The van der Waals surface area contributed by atoms with Crippen LogP contribution in [0.15, 0.2) is 24.3 Å². The molecule has 4 nitrogen and oxygen atoms in total. The topological polar surface area (TPSA) is 70.9 Å². The molecule has 0 radical (unpaired) electrons. The first-order chi connectivity index (χ1) is 9.57. The van der Waals surface area contributed by atoms with Crippen molar-refractivity contribution in [3.8, 4) is 0 Å². The number of carbonyl (C=O) groups excluding carboxylic acids is 1. The number of nitrogens with two attached hydrogens (primary N) is 1. The van der Waals surface area contributed by atoms with Crippen molar-refractivity contribution in [2.45, 2.75) is 24.5 Å². The highest BCUT2D eigenvalue weighted by Gasteiger charge is 2.29. The van der Waals surface area contributed by atoms with Crippen molar-refractivity contribution in [3.05, 3.63) is 30.0 Å². The molecule has 1 aliphatic rings. The Kier molecular flexibility index (Phi) is 3.38. The molecule has 0 spiro atoms. The van der Waals surface area contributed by atoms with Crippen LogP contribution in [0.3, 0.4) is 0 Å². The number of aromatic nitrogens is 1. The van der Waals surface area contributed by atoms with Crippen LogP contribution in [-0.4, -0.2) is 27.9 Å². The van der Waals surface area contributed by atoms with Gasteiger partial charge in [0.2, 0.25) is 0 Å². The fourth-order valence-electron chi connectivity index (χ4n) is 2.64. The number of hydrogen-bond acceptors (Lipinski definition) is 3. The molecule has 1 amide bonds. The second kappa shape index (κ2) is 5.05. The first kappa shape index (κ1) is 13.4. The molecular formula is C15H19N3OS. The number of nitrogens with one attached hydrogen (secondary N) is 2. The van der Waals surface area contributed by atoms with Crippen LogP contribution in [0, 0.1) is 0 Å². The van der Waals surface area contributed by atoms with E-state index in [-0.39, 0.29) is 10.7 Å². The van der Waals surface area contributed by atoms with E-state index in [0.29, 0.717) is 17.9 Å². The Morgan fingerprint density at radius 3 is 3.10 bits per heavy atom. The van der Waals surface area contributed by atoms with Crippen molar-refractivity contribution >= 4 is 34.3 Å². The Labute approximate surface area is 122 Å². The smallest absolute Gasteiger partial charge is 0.267 e. The van der Waals surface area contributed by atoms with Crippen molar-refractivity contribution < 1.29 is 4.79 Å². The summed E-state index contributed by atoms with van der Waals surface area (Å²) in [7, 11) is 0. The highest BCUT2D eigenvalue weighted by Crippen LogP contribution is 2.37. The Morgan fingerprint density at radius 1 is 1.55 bits per heavy atom. The zero-order chi connectivity index (χ0) is 14.2. The van der Waals surface area contributed by atoms with Crippen LogP contribution in [0.25, 0.3) is 10.9 Å². The van der Waals surface area contributed by atoms with Crippen LogP contribution < -0.4 is 11.1 Å². The van der Waals surface area contributed by atoms with Crippen molar-refractivity contribution in [1.29, 1.82) is 0 Å². The number of aromatic amines is 1. The van der Waals surface area contributed by atoms with Crippen molar-refractivity contribution in [2.75, 3.05) is 18.0 Å². The summed E-state index contributed by atoms with van der Waals surface area (Å²) in [6, 6.07) is 7.53. The van der Waals surface area contributed by atoms with Gasteiger partial charge in [-0.05, 0) is 37.7 Å². The zero-order valence-electron chi connectivity index (χ0n) is 11.5. The quantitative estimate of drug-likeness (QED) is 0.761. The van der Waals surface area contributed by atoms with E-state index in [9.17, 15) is 4.79 Å². The molecule has 3 rings (SSSR count). The van der Waals surface area contributed by atoms with Crippen molar-refractivity contribution in [2.24, 2.45) is 0 Å². The maximum Gasteiger partial charge on any atom is 0.267 e. The summed E-state index contributed by atoms with van der Waals surface area (Å²) in [5.74, 6) is 1.13. The van der Waals surface area contributed by atoms with E-state index < -0.39 is 0 Å². The van der Waals surface area contributed by atoms with Crippen LogP contribution in [0.2, 0.25) is 0 Å². The summed E-state index contributed by atoms with van der Waals surface area (Å²) in [4.78, 5) is 15.3. The summed E-state index contributed by atoms with van der Waals surface area (Å²) >= 11 is 1.94. The second-order valence-electron chi connectivity index (χ2n) is 5.58. The van der Waals surface area contributed by atoms with Gasteiger partial charge in [-0.2, -0.15) is 11.8 Å². The Hall–Kier alpha value is -1.62. The van der Waals surface area contributed by atoms with Crippen LogP contribution in [-0.2, 0) is 0 Å². The van der Waals surface area contributed by atoms with Crippen LogP contribution in [0.4, 0.5) is 5.69 Å². The standard InChI is InChI=1S/C15H19N3OS/c1-15(6-3-7-20-15)9-17-14(19)12-8-10-4-2-5-11(16)13(10)18-12/h2,4-5,8,18H,3,6-7,9,16H2,1H3,(H,17,19). The second-order valence-corrected chi connectivity index (χ2v) is 7.26. The van der Waals surface area contributed by atoms with E-state index in [4.69, 9.17) is 5.73 Å². The monoisotopic (exact) mass is 289 g/mol. The summed E-state index contributed by atoms with van der Waals surface area (Å²) in [5.41, 5.74) is 7.97. The number of carbonyl (C=O) groups is 1. The Balaban J connectivity index is 1.74. The normalized spacial score (nSPS) is 22.2. The molecule has 4 N–H and O–H groups in total. The Bertz CT molecular complexity index is 644. The molecule has 2 aromatic rings. The molecule has 1 aromatic carbocycles. The molecule has 0 bridgehead atoms. The first-order valence-corrected chi connectivity index (χ1v) is 7.85. The molecule has 5 heteroatoms. The van der Waals surface area contributed by atoms with Gasteiger partial charge in [-0.15, -0.1) is 0 Å². The third-order valence-corrected chi connectivity index (χ3v) is 5.39. The first-order valence-electron chi connectivity index (χ1n) is 6.87. The van der Waals surface area contributed by atoms with Crippen LogP contribution >= 0.6 is 11.8 Å². The number of hydrogen-bond donors (Lipinski definition) is 3. The lowest BCUT2D eigenvalue weighted by Gasteiger charge is -2.22. The van der Waals surface area contributed by atoms with Gasteiger partial charge in [0.1, 0.15) is 5.69 Å². The molecule has 1 unspecified atom stereocenters. The minimum absolute atomic E-state index is 0.0608. The summed E-state index contributed by atoms with van der Waals surface area (Å²) in [6.45, 7) is 2.93. The molecule has 20 heavy (non-hydrogen) atoms. The van der Waals surface area contributed by atoms with Gasteiger partial charge in [0.25, 0.3) is 5.91 Å². The number of H-pyrrole nitrogens is 1. The molecule has 2 heterocycles. The largest absolute Gasteiger partial charge is 0.397 e. The summed E-state index contributed by atoms with van der Waals surface area (Å²) < 4.78 is 0.181. The minimum atomic E-state index is -0.0608. The predicted octanol–water partition coefficient (Wildman–Crippen LogP) is 2.77. The molecule has 1 aromatic heterocycles. The van der Waals surface area contributed by atoms with Crippen LogP contribution in [0.5, 0.6) is 0 Å². The number of nitrogen functional groups attached to an aromatic ring is 1. The lowest BCUT2D eigenvalue weighted by Crippen LogP contribution is -2.36. The fourth-order valence-corrected chi connectivity index (χ4v) is 3.89. The lowest BCUT2D eigenvalue weighted by molar-refractivity contribution is 0.0946. The SMILES string of the molecule is CC1(CNC(=O)c2cc3cccc(N)c3[nH]2)CCCS1. The van der Waals surface area contributed by atoms with Gasteiger partial charge in [-0.1, -0.05) is 12.1 Å². The van der Waals surface area contributed by atoms with Crippen molar-refractivity contribution in [1.82, 2.24) is 10.3 Å². The number of rotatable bonds is 3. The van der Waals surface area contributed by atoms with Gasteiger partial charge in [0.05, 0.1) is 11.2 Å². The van der Waals surface area contributed by atoms with Gasteiger partial charge in [0.15, 0.2) is 0 Å². The van der Waals surface area contributed by atoms with E-state index in [0.717, 1.165) is 17.3 Å². The number of benzene rings is 1. The highest BCUT2D eigenvalue weighted by atomic mass is 32.2. The number of thioether (sulfide) groups is 1. The van der Waals surface area contributed by atoms with Crippen LogP contribution in [0.1, 0.15) is 30.3 Å². The van der Waals surface area contributed by atoms with Gasteiger partial charge >= 0.3 is 0 Å². The number of para-hydroxylation sites is 1. The molecule has 106 valence electrons. The summed E-state index contributed by atoms with van der Waals surface area (Å²) in [6.07, 6.45) is 2.40. The number of anilines is 1. The number of fused-ring (bicyclic) bond motifs is 1. The zero-order valence-corrected chi connectivity index (χ0v) is 12.3. The van der Waals surface area contributed by atoms with Crippen molar-refractivity contribution in [3.63, 3.8) is 0 Å². The van der Waals surface area contributed by atoms with E-state index in [2.05, 4.69) is 17.2 Å². The molecule has 1 aliphatic heterocycles. The molecule has 1 fully saturated rings. The predicted molar refractivity (Wildman–Crippen MR) is 85.1 cm³/mol. The maximum atomic E-state index is 12.2. The highest BCUT2D eigenvalue weighted by molar-refractivity contribution is 8.00.